The SMILES string of the molecule is CNCc1ccc(-n2cc3cc(-c4ccc(S(=O)(=O)N(CCCN5CCCC(O)C5)C5CCNCC5)cc4)[nH]c3nc2=O)cc1. The van der Waals surface area contributed by atoms with Crippen molar-refractivity contribution in [1.29, 1.82) is 0 Å². The molecule has 0 aliphatic carbocycles. The molecule has 4 aromatic rings. The molecule has 2 fully saturated rings. The molecule has 45 heavy (non-hydrogen) atoms. The molecule has 12 heteroatoms. The second kappa shape index (κ2) is 13.9. The lowest BCUT2D eigenvalue weighted by molar-refractivity contribution is 0.0688. The summed E-state index contributed by atoms with van der Waals surface area (Å²) in [7, 11) is -1.83. The van der Waals surface area contributed by atoms with Crippen LogP contribution in [0.5, 0.6) is 0 Å². The first-order chi connectivity index (χ1) is 21.8. The minimum absolute atomic E-state index is 0.0462. The van der Waals surface area contributed by atoms with Crippen molar-refractivity contribution >= 4 is 21.1 Å². The quantitative estimate of drug-likeness (QED) is 0.198. The number of aromatic amines is 1. The average Bonchev–Trinajstić information content (AvgIpc) is 3.46. The summed E-state index contributed by atoms with van der Waals surface area (Å²) in [4.78, 5) is 22.9. The number of hydrogen-bond acceptors (Lipinski definition) is 8. The molecule has 2 aliphatic rings. The Kier molecular flexibility index (Phi) is 9.78. The highest BCUT2D eigenvalue weighted by Gasteiger charge is 2.32. The van der Waals surface area contributed by atoms with Crippen LogP contribution in [0.1, 0.15) is 37.7 Å². The van der Waals surface area contributed by atoms with Gasteiger partial charge in [-0.05, 0) is 107 Å². The van der Waals surface area contributed by atoms with Gasteiger partial charge in [-0.15, -0.1) is 0 Å². The van der Waals surface area contributed by atoms with Gasteiger partial charge in [-0.3, -0.25) is 4.57 Å². The third-order valence-electron chi connectivity index (χ3n) is 8.92. The van der Waals surface area contributed by atoms with Gasteiger partial charge in [0, 0.05) is 43.0 Å². The van der Waals surface area contributed by atoms with E-state index in [0.29, 0.717) is 18.7 Å². The van der Waals surface area contributed by atoms with Gasteiger partial charge in [0.05, 0.1) is 16.7 Å². The average molecular weight is 634 g/mol. The van der Waals surface area contributed by atoms with Crippen LogP contribution < -0.4 is 16.3 Å². The third kappa shape index (κ3) is 7.21. The Morgan fingerprint density at radius 3 is 2.53 bits per heavy atom. The number of nitrogens with zero attached hydrogens (tertiary/aromatic N) is 4. The lowest BCUT2D eigenvalue weighted by Gasteiger charge is -2.35. The van der Waals surface area contributed by atoms with Crippen molar-refractivity contribution in [3.63, 3.8) is 0 Å². The molecule has 2 aliphatic heterocycles. The summed E-state index contributed by atoms with van der Waals surface area (Å²) in [6, 6.07) is 16.6. The van der Waals surface area contributed by atoms with Crippen LogP contribution in [-0.4, -0.2) is 95.7 Å². The van der Waals surface area contributed by atoms with Gasteiger partial charge >= 0.3 is 5.69 Å². The maximum Gasteiger partial charge on any atom is 0.354 e. The van der Waals surface area contributed by atoms with E-state index >= 15 is 0 Å². The molecule has 4 heterocycles. The Morgan fingerprint density at radius 2 is 1.82 bits per heavy atom. The van der Waals surface area contributed by atoms with E-state index < -0.39 is 10.0 Å². The molecule has 6 rings (SSSR count). The predicted octanol–water partition coefficient (Wildman–Crippen LogP) is 2.69. The van der Waals surface area contributed by atoms with E-state index in [1.807, 2.05) is 37.4 Å². The van der Waals surface area contributed by atoms with Crippen LogP contribution in [0.25, 0.3) is 28.0 Å². The summed E-state index contributed by atoms with van der Waals surface area (Å²) < 4.78 is 31.3. The molecule has 2 aromatic heterocycles. The fourth-order valence-corrected chi connectivity index (χ4v) is 8.26. The Hall–Kier alpha value is -3.39. The molecule has 11 nitrogen and oxygen atoms in total. The van der Waals surface area contributed by atoms with Crippen molar-refractivity contribution in [3.05, 3.63) is 76.8 Å². The first kappa shape index (κ1) is 31.6. The van der Waals surface area contributed by atoms with Gasteiger partial charge < -0.3 is 25.6 Å². The van der Waals surface area contributed by atoms with Crippen LogP contribution in [0.2, 0.25) is 0 Å². The Bertz CT molecular complexity index is 1750. The summed E-state index contributed by atoms with van der Waals surface area (Å²) in [5.41, 5.74) is 3.51. The van der Waals surface area contributed by atoms with E-state index in [9.17, 15) is 18.3 Å². The maximum absolute atomic E-state index is 14.0. The second-order valence-corrected chi connectivity index (χ2v) is 14.0. The van der Waals surface area contributed by atoms with Gasteiger partial charge in [-0.1, -0.05) is 24.3 Å². The highest BCUT2D eigenvalue weighted by atomic mass is 32.2. The van der Waals surface area contributed by atoms with Gasteiger partial charge in [0.15, 0.2) is 0 Å². The Balaban J connectivity index is 1.20. The number of fused-ring (bicyclic) bond motifs is 1. The van der Waals surface area contributed by atoms with Crippen molar-refractivity contribution < 1.29 is 13.5 Å². The lowest BCUT2D eigenvalue weighted by Crippen LogP contribution is -2.47. The van der Waals surface area contributed by atoms with E-state index in [0.717, 1.165) is 92.7 Å². The number of sulfonamides is 1. The summed E-state index contributed by atoms with van der Waals surface area (Å²) in [6.07, 6.45) is 5.57. The zero-order valence-electron chi connectivity index (χ0n) is 25.8. The molecule has 0 saturated carbocycles. The molecule has 1 atom stereocenters. The van der Waals surface area contributed by atoms with Crippen molar-refractivity contribution in [3.8, 4) is 16.9 Å². The number of aromatic nitrogens is 3. The fraction of sp³-hybridized carbons (Fsp3) is 0.455. The summed E-state index contributed by atoms with van der Waals surface area (Å²) in [6.45, 7) is 5.17. The number of rotatable bonds is 11. The largest absolute Gasteiger partial charge is 0.392 e. The number of likely N-dealkylation sites (tertiary alicyclic amines) is 1. The van der Waals surface area contributed by atoms with Crippen LogP contribution in [0.15, 0.2) is 70.5 Å². The smallest absolute Gasteiger partial charge is 0.354 e. The molecular weight excluding hydrogens is 590 g/mol. The predicted molar refractivity (Wildman–Crippen MR) is 176 cm³/mol. The van der Waals surface area contributed by atoms with Crippen LogP contribution in [0.4, 0.5) is 0 Å². The summed E-state index contributed by atoms with van der Waals surface area (Å²) >= 11 is 0. The molecular formula is C33H43N7O4S. The van der Waals surface area contributed by atoms with Crippen LogP contribution in [0, 0.1) is 0 Å². The molecule has 240 valence electrons. The van der Waals surface area contributed by atoms with E-state index in [-0.39, 0.29) is 22.7 Å². The zero-order chi connectivity index (χ0) is 31.4. The number of benzene rings is 2. The standard InChI is InChI=1S/C33H43N7O4S/c1-34-21-24-5-9-27(10-6-24)39-22-26-20-31(36-32(26)37-33(39)42)25-7-11-30(12-8-25)45(43,44)40(28-13-15-35-16-14-28)19-3-18-38-17-2-4-29(41)23-38/h5-12,20,22,28-29,34-35,41H,2-4,13-19,21,23H2,1H3,(H,36,37,42). The number of aliphatic hydroxyl groups excluding tert-OH is 1. The Morgan fingerprint density at radius 1 is 1.07 bits per heavy atom. The minimum atomic E-state index is -3.72. The number of β-amino-alcohol motifs (C(OH)–C–C–N with tert-alkyl or cyclic N) is 1. The lowest BCUT2D eigenvalue weighted by atomic mass is 10.1. The molecule has 1 unspecified atom stereocenters. The first-order valence-corrected chi connectivity index (χ1v) is 17.4. The second-order valence-electron chi connectivity index (χ2n) is 12.1. The monoisotopic (exact) mass is 633 g/mol. The molecule has 0 spiro atoms. The van der Waals surface area contributed by atoms with Crippen molar-refractivity contribution in [1.82, 2.24) is 34.4 Å². The van der Waals surface area contributed by atoms with Crippen LogP contribution in [0.3, 0.4) is 0 Å². The number of aliphatic hydroxyl groups is 1. The highest BCUT2D eigenvalue weighted by Crippen LogP contribution is 2.28. The van der Waals surface area contributed by atoms with Gasteiger partial charge in [-0.25, -0.2) is 13.2 Å². The summed E-state index contributed by atoms with van der Waals surface area (Å²) in [5.74, 6) is 0. The molecule has 0 radical (unpaired) electrons. The topological polar surface area (TPSA) is 136 Å². The number of hydrogen-bond donors (Lipinski definition) is 4. The Labute approximate surface area is 264 Å². The van der Waals surface area contributed by atoms with E-state index in [1.54, 1.807) is 34.8 Å². The van der Waals surface area contributed by atoms with Gasteiger partial charge in [0.2, 0.25) is 10.0 Å². The van der Waals surface area contributed by atoms with Gasteiger partial charge in [0.1, 0.15) is 5.65 Å². The van der Waals surface area contributed by atoms with Crippen LogP contribution >= 0.6 is 0 Å². The molecule has 2 aromatic carbocycles. The van der Waals surface area contributed by atoms with E-state index in [1.165, 1.54) is 4.57 Å². The first-order valence-electron chi connectivity index (χ1n) is 15.9. The van der Waals surface area contributed by atoms with Crippen molar-refractivity contribution in [2.24, 2.45) is 0 Å². The maximum atomic E-state index is 14.0. The number of H-pyrrole nitrogens is 1. The van der Waals surface area contributed by atoms with E-state index in [4.69, 9.17) is 0 Å². The molecule has 0 bridgehead atoms. The summed E-state index contributed by atoms with van der Waals surface area (Å²) in [5, 5.41) is 17.3. The van der Waals surface area contributed by atoms with Crippen molar-refractivity contribution in [2.45, 2.75) is 55.7 Å². The van der Waals surface area contributed by atoms with Gasteiger partial charge in [-0.2, -0.15) is 9.29 Å². The number of nitrogens with one attached hydrogen (secondary N) is 3. The third-order valence-corrected chi connectivity index (χ3v) is 10.9. The van der Waals surface area contributed by atoms with Crippen molar-refractivity contribution in [2.75, 3.05) is 46.3 Å². The van der Waals surface area contributed by atoms with Crippen LogP contribution in [-0.2, 0) is 16.6 Å². The highest BCUT2D eigenvalue weighted by molar-refractivity contribution is 7.89. The number of piperidine rings is 2. The molecule has 4 N–H and O–H groups in total. The normalized spacial score (nSPS) is 18.6. The minimum Gasteiger partial charge on any atom is -0.392 e. The zero-order valence-corrected chi connectivity index (χ0v) is 26.6. The molecule has 0 amide bonds. The fourth-order valence-electron chi connectivity index (χ4n) is 6.53. The van der Waals surface area contributed by atoms with E-state index in [2.05, 4.69) is 25.5 Å². The van der Waals surface area contributed by atoms with Gasteiger partial charge in [0.25, 0.3) is 0 Å². The molecule has 2 saturated heterocycles.